The normalized spacial score (nSPS) is 11.4. The van der Waals surface area contributed by atoms with Gasteiger partial charge in [0.25, 0.3) is 0 Å². The fraction of sp³-hybridized carbons (Fsp3) is 0.0952. The van der Waals surface area contributed by atoms with E-state index in [1.54, 1.807) is 66.7 Å². The summed E-state index contributed by atoms with van der Waals surface area (Å²) < 4.78 is 28.3. The topological polar surface area (TPSA) is 66.5 Å². The van der Waals surface area contributed by atoms with Gasteiger partial charge in [-0.1, -0.05) is 57.9 Å². The molecule has 1 N–H and O–H groups in total. The predicted molar refractivity (Wildman–Crippen MR) is 118 cm³/mol. The third kappa shape index (κ3) is 5.90. The Morgan fingerprint density at radius 3 is 2.17 bits per heavy atom. The molecule has 0 heterocycles. The molecule has 0 bridgehead atoms. The number of hydrogen-bond acceptors (Lipinski definition) is 3. The fourth-order valence-electron chi connectivity index (χ4n) is 2.65. The summed E-state index contributed by atoms with van der Waals surface area (Å²) in [5.74, 6) is -0.430. The molecule has 5 nitrogen and oxygen atoms in total. The Bertz CT molecular complexity index is 1070. The average Bonchev–Trinajstić information content (AvgIpc) is 2.71. The molecule has 29 heavy (non-hydrogen) atoms. The Kier molecular flexibility index (Phi) is 7.08. The van der Waals surface area contributed by atoms with Gasteiger partial charge in [0, 0.05) is 21.7 Å². The van der Waals surface area contributed by atoms with Crippen molar-refractivity contribution in [1.29, 1.82) is 0 Å². The molecule has 150 valence electrons. The first-order valence-electron chi connectivity index (χ1n) is 8.70. The van der Waals surface area contributed by atoms with E-state index in [4.69, 9.17) is 11.6 Å². The Labute approximate surface area is 183 Å². The number of sulfonamides is 1. The lowest BCUT2D eigenvalue weighted by molar-refractivity contribution is -0.116. The van der Waals surface area contributed by atoms with Crippen LogP contribution < -0.4 is 5.32 Å². The molecule has 3 aromatic rings. The van der Waals surface area contributed by atoms with E-state index in [0.717, 1.165) is 14.3 Å². The number of halogens is 2. The monoisotopic (exact) mass is 492 g/mol. The summed E-state index contributed by atoms with van der Waals surface area (Å²) in [5, 5.41) is 3.29. The van der Waals surface area contributed by atoms with E-state index in [2.05, 4.69) is 21.2 Å². The minimum absolute atomic E-state index is 0.0438. The summed E-state index contributed by atoms with van der Waals surface area (Å²) in [4.78, 5) is 12.7. The van der Waals surface area contributed by atoms with Gasteiger partial charge in [0.15, 0.2) is 0 Å². The van der Waals surface area contributed by atoms with Gasteiger partial charge >= 0.3 is 0 Å². The van der Waals surface area contributed by atoms with Crippen molar-refractivity contribution in [3.63, 3.8) is 0 Å². The maximum atomic E-state index is 13.1. The highest BCUT2D eigenvalue weighted by molar-refractivity contribution is 9.10. The van der Waals surface area contributed by atoms with E-state index in [0.29, 0.717) is 10.7 Å². The van der Waals surface area contributed by atoms with Gasteiger partial charge in [0.2, 0.25) is 15.9 Å². The average molecular weight is 494 g/mol. The van der Waals surface area contributed by atoms with E-state index >= 15 is 0 Å². The van der Waals surface area contributed by atoms with Crippen LogP contribution in [0.1, 0.15) is 5.56 Å². The second kappa shape index (κ2) is 9.54. The quantitative estimate of drug-likeness (QED) is 0.507. The minimum Gasteiger partial charge on any atom is -0.325 e. The van der Waals surface area contributed by atoms with E-state index in [1.807, 2.05) is 0 Å². The first-order chi connectivity index (χ1) is 13.8. The minimum atomic E-state index is -3.87. The molecule has 0 saturated carbocycles. The molecule has 0 spiro atoms. The van der Waals surface area contributed by atoms with E-state index in [1.165, 1.54) is 12.1 Å². The summed E-state index contributed by atoms with van der Waals surface area (Å²) in [6, 6.07) is 22.0. The Balaban J connectivity index is 1.84. The van der Waals surface area contributed by atoms with Gasteiger partial charge in [0.05, 0.1) is 11.4 Å². The first-order valence-corrected chi connectivity index (χ1v) is 11.3. The van der Waals surface area contributed by atoms with Crippen molar-refractivity contribution in [2.75, 3.05) is 11.9 Å². The molecule has 3 rings (SSSR count). The highest BCUT2D eigenvalue weighted by Gasteiger charge is 2.26. The van der Waals surface area contributed by atoms with Gasteiger partial charge in [0.1, 0.15) is 0 Å². The van der Waals surface area contributed by atoms with E-state index in [9.17, 15) is 13.2 Å². The second-order valence-corrected chi connectivity index (χ2v) is 9.56. The number of carbonyl (C=O) groups excluding carboxylic acids is 1. The molecule has 0 aliphatic heterocycles. The number of nitrogens with one attached hydrogen (secondary N) is 1. The predicted octanol–water partition coefficient (Wildman–Crippen LogP) is 4.93. The molecule has 0 radical (unpaired) electrons. The number of anilines is 1. The molecule has 0 aromatic heterocycles. The van der Waals surface area contributed by atoms with Crippen LogP contribution in [0.25, 0.3) is 0 Å². The molecule has 0 aliphatic rings. The standard InChI is InChI=1S/C21H18BrClN2O3S/c22-17-8-12-19(13-9-17)24-21(26)15-25(14-16-6-10-18(23)11-7-16)29(27,28)20-4-2-1-3-5-20/h1-13H,14-15H2,(H,24,26). The summed E-state index contributed by atoms with van der Waals surface area (Å²) in [6.45, 7) is -0.280. The largest absolute Gasteiger partial charge is 0.325 e. The number of amides is 1. The van der Waals surface area contributed by atoms with Gasteiger partial charge in [-0.05, 0) is 54.1 Å². The van der Waals surface area contributed by atoms with Crippen molar-refractivity contribution >= 4 is 49.1 Å². The maximum Gasteiger partial charge on any atom is 0.243 e. The van der Waals surface area contributed by atoms with E-state index in [-0.39, 0.29) is 18.0 Å². The molecule has 1 amide bonds. The van der Waals surface area contributed by atoms with Crippen molar-refractivity contribution in [2.24, 2.45) is 0 Å². The number of hydrogen-bond donors (Lipinski definition) is 1. The lowest BCUT2D eigenvalue weighted by Gasteiger charge is -2.22. The third-order valence-corrected chi connectivity index (χ3v) is 6.69. The highest BCUT2D eigenvalue weighted by atomic mass is 79.9. The maximum absolute atomic E-state index is 13.1. The lowest BCUT2D eigenvalue weighted by Crippen LogP contribution is -2.37. The zero-order valence-electron chi connectivity index (χ0n) is 15.3. The van der Waals surface area contributed by atoms with Crippen molar-refractivity contribution in [2.45, 2.75) is 11.4 Å². The zero-order chi connectivity index (χ0) is 20.9. The van der Waals surface area contributed by atoms with Crippen molar-refractivity contribution in [3.8, 4) is 0 Å². The SMILES string of the molecule is O=C(CN(Cc1ccc(Cl)cc1)S(=O)(=O)c1ccccc1)Nc1ccc(Br)cc1. The van der Waals surface area contributed by atoms with Gasteiger partial charge in [-0.15, -0.1) is 0 Å². The van der Waals surface area contributed by atoms with Crippen LogP contribution in [0.3, 0.4) is 0 Å². The Morgan fingerprint density at radius 2 is 1.55 bits per heavy atom. The van der Waals surface area contributed by atoms with Gasteiger partial charge in [-0.3, -0.25) is 4.79 Å². The zero-order valence-corrected chi connectivity index (χ0v) is 18.4. The van der Waals surface area contributed by atoms with Crippen LogP contribution >= 0.6 is 27.5 Å². The van der Waals surface area contributed by atoms with Crippen LogP contribution in [0, 0.1) is 0 Å². The van der Waals surface area contributed by atoms with Crippen LogP contribution in [0.5, 0.6) is 0 Å². The van der Waals surface area contributed by atoms with E-state index < -0.39 is 15.9 Å². The molecule has 0 atom stereocenters. The van der Waals surface area contributed by atoms with Crippen molar-refractivity contribution < 1.29 is 13.2 Å². The second-order valence-electron chi connectivity index (χ2n) is 6.27. The Morgan fingerprint density at radius 1 is 0.931 bits per heavy atom. The summed E-state index contributed by atoms with van der Waals surface area (Å²) in [7, 11) is -3.87. The van der Waals surface area contributed by atoms with Gasteiger partial charge < -0.3 is 5.32 Å². The van der Waals surface area contributed by atoms with Crippen molar-refractivity contribution in [1.82, 2.24) is 4.31 Å². The molecule has 8 heteroatoms. The third-order valence-electron chi connectivity index (χ3n) is 4.10. The van der Waals surface area contributed by atoms with Crippen molar-refractivity contribution in [3.05, 3.63) is 93.9 Å². The molecule has 0 fully saturated rings. The van der Waals surface area contributed by atoms with Gasteiger partial charge in [-0.2, -0.15) is 4.31 Å². The van der Waals surface area contributed by atoms with Crippen LogP contribution in [-0.2, 0) is 21.4 Å². The fourth-order valence-corrected chi connectivity index (χ4v) is 4.45. The molecule has 3 aromatic carbocycles. The highest BCUT2D eigenvalue weighted by Crippen LogP contribution is 2.20. The van der Waals surface area contributed by atoms with Gasteiger partial charge in [-0.25, -0.2) is 8.42 Å². The Hall–Kier alpha value is -2.19. The molecule has 0 saturated heterocycles. The summed E-state index contributed by atoms with van der Waals surface area (Å²) >= 11 is 9.26. The first kappa shape index (κ1) is 21.5. The number of benzene rings is 3. The number of rotatable bonds is 7. The number of nitrogens with zero attached hydrogens (tertiary/aromatic N) is 1. The molecule has 0 aliphatic carbocycles. The van der Waals surface area contributed by atoms with Crippen LogP contribution in [0.2, 0.25) is 5.02 Å². The van der Waals surface area contributed by atoms with Crippen LogP contribution in [0.4, 0.5) is 5.69 Å². The molecule has 0 unspecified atom stereocenters. The summed E-state index contributed by atoms with van der Waals surface area (Å²) in [5.41, 5.74) is 1.31. The number of carbonyl (C=O) groups is 1. The smallest absolute Gasteiger partial charge is 0.243 e. The lowest BCUT2D eigenvalue weighted by atomic mass is 10.2. The van der Waals surface area contributed by atoms with Crippen LogP contribution in [-0.4, -0.2) is 25.2 Å². The van der Waals surface area contributed by atoms with Crippen LogP contribution in [0.15, 0.2) is 88.2 Å². The molecular formula is C21H18BrClN2O3S. The molecular weight excluding hydrogens is 476 g/mol. The summed E-state index contributed by atoms with van der Waals surface area (Å²) in [6.07, 6.45) is 0.